The molecule has 0 radical (unpaired) electrons. The first-order chi connectivity index (χ1) is 12.0. The lowest BCUT2D eigenvalue weighted by Gasteiger charge is -2.07. The van der Waals surface area contributed by atoms with Crippen LogP contribution >= 0.6 is 15.9 Å². The molecule has 0 aliphatic heterocycles. The van der Waals surface area contributed by atoms with E-state index in [2.05, 4.69) is 51.5 Å². The zero-order chi connectivity index (χ0) is 18.2. The van der Waals surface area contributed by atoms with Crippen LogP contribution in [0.3, 0.4) is 0 Å². The van der Waals surface area contributed by atoms with Crippen LogP contribution in [0.25, 0.3) is 0 Å². The second kappa shape index (κ2) is 8.94. The SMILES string of the molecule is CN=C(N)NCCNc1nonc1C(=Nc1ccc(F)c(Br)c1)NO. The van der Waals surface area contributed by atoms with E-state index in [1.165, 1.54) is 18.2 Å². The van der Waals surface area contributed by atoms with Crippen molar-refractivity contribution >= 4 is 39.2 Å². The summed E-state index contributed by atoms with van der Waals surface area (Å²) in [5, 5.41) is 22.6. The van der Waals surface area contributed by atoms with Gasteiger partial charge in [0.15, 0.2) is 17.5 Å². The Labute approximate surface area is 150 Å². The topological polar surface area (TPSA) is 146 Å². The molecule has 0 spiro atoms. The number of rotatable bonds is 6. The Morgan fingerprint density at radius 2 is 2.20 bits per heavy atom. The van der Waals surface area contributed by atoms with Gasteiger partial charge in [0.05, 0.1) is 10.2 Å². The number of nitrogens with zero attached hydrogens (tertiary/aromatic N) is 4. The van der Waals surface area contributed by atoms with Gasteiger partial charge in [0.2, 0.25) is 5.82 Å². The summed E-state index contributed by atoms with van der Waals surface area (Å²) in [5.41, 5.74) is 7.98. The van der Waals surface area contributed by atoms with Crippen LogP contribution in [-0.2, 0) is 0 Å². The summed E-state index contributed by atoms with van der Waals surface area (Å²) >= 11 is 3.07. The molecule has 0 unspecified atom stereocenters. The lowest BCUT2D eigenvalue weighted by molar-refractivity contribution is 0.234. The fraction of sp³-hybridized carbons (Fsp3) is 0.231. The van der Waals surface area contributed by atoms with E-state index in [0.29, 0.717) is 24.7 Å². The van der Waals surface area contributed by atoms with Crippen LogP contribution in [-0.4, -0.2) is 47.5 Å². The predicted octanol–water partition coefficient (Wildman–Crippen LogP) is 0.974. The molecule has 0 bridgehead atoms. The zero-order valence-corrected chi connectivity index (χ0v) is 14.7. The first kappa shape index (κ1) is 18.6. The van der Waals surface area contributed by atoms with Crippen molar-refractivity contribution in [2.45, 2.75) is 0 Å². The number of guanidine groups is 1. The number of hydroxylamine groups is 1. The molecule has 0 saturated heterocycles. The van der Waals surface area contributed by atoms with Crippen molar-refractivity contribution in [2.75, 3.05) is 25.5 Å². The molecule has 1 heterocycles. The Bertz CT molecular complexity index is 779. The maximum atomic E-state index is 13.3. The minimum atomic E-state index is -0.426. The molecule has 1 aromatic heterocycles. The van der Waals surface area contributed by atoms with Gasteiger partial charge in [-0.3, -0.25) is 15.7 Å². The first-order valence-corrected chi connectivity index (χ1v) is 7.81. The molecule has 0 amide bonds. The second-order valence-corrected chi connectivity index (χ2v) is 5.45. The number of benzene rings is 1. The van der Waals surface area contributed by atoms with Crippen LogP contribution in [0.2, 0.25) is 0 Å². The van der Waals surface area contributed by atoms with Gasteiger partial charge in [-0.2, -0.15) is 0 Å². The monoisotopic (exact) mass is 414 g/mol. The van der Waals surface area contributed by atoms with Gasteiger partial charge in [-0.05, 0) is 44.4 Å². The molecule has 25 heavy (non-hydrogen) atoms. The average Bonchev–Trinajstić information content (AvgIpc) is 3.07. The van der Waals surface area contributed by atoms with Crippen LogP contribution in [0.4, 0.5) is 15.9 Å². The largest absolute Gasteiger partial charge is 0.370 e. The number of halogens is 2. The number of amidine groups is 1. The molecule has 0 atom stereocenters. The van der Waals surface area contributed by atoms with E-state index in [4.69, 9.17) is 5.73 Å². The molecule has 0 saturated carbocycles. The van der Waals surface area contributed by atoms with E-state index >= 15 is 0 Å². The van der Waals surface area contributed by atoms with Crippen LogP contribution in [0.1, 0.15) is 5.69 Å². The highest BCUT2D eigenvalue weighted by Crippen LogP contribution is 2.23. The summed E-state index contributed by atoms with van der Waals surface area (Å²) in [4.78, 5) is 7.91. The van der Waals surface area contributed by atoms with Crippen LogP contribution < -0.4 is 21.8 Å². The van der Waals surface area contributed by atoms with E-state index in [-0.39, 0.29) is 21.8 Å². The van der Waals surface area contributed by atoms with E-state index < -0.39 is 5.82 Å². The van der Waals surface area contributed by atoms with Gasteiger partial charge in [-0.1, -0.05) is 0 Å². The molecule has 2 aromatic rings. The Kier molecular flexibility index (Phi) is 6.65. The van der Waals surface area contributed by atoms with Crippen molar-refractivity contribution in [1.29, 1.82) is 0 Å². The Morgan fingerprint density at radius 3 is 2.88 bits per heavy atom. The van der Waals surface area contributed by atoms with Gasteiger partial charge in [0.1, 0.15) is 5.82 Å². The molecular formula is C13H16BrFN8O2. The van der Waals surface area contributed by atoms with E-state index in [9.17, 15) is 9.60 Å². The molecule has 12 heteroatoms. The van der Waals surface area contributed by atoms with Crippen molar-refractivity contribution in [3.8, 4) is 0 Å². The third-order valence-corrected chi connectivity index (χ3v) is 3.53. The van der Waals surface area contributed by atoms with Gasteiger partial charge in [0.25, 0.3) is 0 Å². The average molecular weight is 415 g/mol. The summed E-state index contributed by atoms with van der Waals surface area (Å²) in [7, 11) is 1.57. The molecule has 134 valence electrons. The van der Waals surface area contributed by atoms with E-state index in [1.807, 2.05) is 5.48 Å². The predicted molar refractivity (Wildman–Crippen MR) is 93.6 cm³/mol. The fourth-order valence-corrected chi connectivity index (χ4v) is 2.09. The lowest BCUT2D eigenvalue weighted by atomic mass is 10.3. The zero-order valence-electron chi connectivity index (χ0n) is 13.1. The molecule has 10 nitrogen and oxygen atoms in total. The fourth-order valence-electron chi connectivity index (χ4n) is 1.73. The van der Waals surface area contributed by atoms with Crippen molar-refractivity contribution in [1.82, 2.24) is 21.1 Å². The number of hydrogen-bond donors (Lipinski definition) is 5. The number of anilines is 1. The Hall–Kier alpha value is -2.73. The van der Waals surface area contributed by atoms with Gasteiger partial charge < -0.3 is 16.4 Å². The Balaban J connectivity index is 2.12. The molecule has 0 aliphatic rings. The van der Waals surface area contributed by atoms with E-state index in [0.717, 1.165) is 0 Å². The summed E-state index contributed by atoms with van der Waals surface area (Å²) in [5.74, 6) is 0.118. The van der Waals surface area contributed by atoms with Gasteiger partial charge in [0, 0.05) is 20.1 Å². The Morgan fingerprint density at radius 1 is 1.40 bits per heavy atom. The van der Waals surface area contributed by atoms with Crippen molar-refractivity contribution < 1.29 is 14.2 Å². The van der Waals surface area contributed by atoms with Crippen LogP contribution in [0.5, 0.6) is 0 Å². The van der Waals surface area contributed by atoms with Crippen LogP contribution in [0.15, 0.2) is 37.3 Å². The summed E-state index contributed by atoms with van der Waals surface area (Å²) in [6.07, 6.45) is 0. The summed E-state index contributed by atoms with van der Waals surface area (Å²) < 4.78 is 18.2. The van der Waals surface area contributed by atoms with Gasteiger partial charge in [-0.15, -0.1) is 0 Å². The molecule has 1 aromatic carbocycles. The summed E-state index contributed by atoms with van der Waals surface area (Å²) in [6.45, 7) is 0.900. The third-order valence-electron chi connectivity index (χ3n) is 2.93. The maximum absolute atomic E-state index is 13.3. The van der Waals surface area contributed by atoms with Crippen molar-refractivity contribution in [3.63, 3.8) is 0 Å². The smallest absolute Gasteiger partial charge is 0.202 e. The third kappa shape index (κ3) is 5.12. The highest BCUT2D eigenvalue weighted by atomic mass is 79.9. The molecular weight excluding hydrogens is 399 g/mol. The minimum Gasteiger partial charge on any atom is -0.370 e. The lowest BCUT2D eigenvalue weighted by Crippen LogP contribution is -2.35. The second-order valence-electron chi connectivity index (χ2n) is 4.59. The van der Waals surface area contributed by atoms with Crippen LogP contribution in [0, 0.1) is 5.82 Å². The molecule has 0 fully saturated rings. The van der Waals surface area contributed by atoms with Gasteiger partial charge in [-0.25, -0.2) is 14.0 Å². The van der Waals surface area contributed by atoms with Gasteiger partial charge >= 0.3 is 0 Å². The number of aromatic nitrogens is 2. The number of nitrogens with two attached hydrogens (primary N) is 1. The van der Waals surface area contributed by atoms with Crippen molar-refractivity contribution in [3.05, 3.63) is 34.2 Å². The number of nitrogens with one attached hydrogen (secondary N) is 3. The number of aliphatic imine (C=N–C) groups is 2. The molecule has 6 N–H and O–H groups in total. The van der Waals surface area contributed by atoms with E-state index in [1.54, 1.807) is 7.05 Å². The highest BCUT2D eigenvalue weighted by molar-refractivity contribution is 9.10. The minimum absolute atomic E-state index is 0.0233. The normalized spacial score (nSPS) is 12.2. The molecule has 0 aliphatic carbocycles. The summed E-state index contributed by atoms with van der Waals surface area (Å²) in [6, 6.07) is 4.13. The maximum Gasteiger partial charge on any atom is 0.202 e. The number of hydrogen-bond acceptors (Lipinski definition) is 7. The quantitative estimate of drug-likeness (QED) is 0.203. The molecule has 2 rings (SSSR count). The first-order valence-electron chi connectivity index (χ1n) is 7.02. The van der Waals surface area contributed by atoms with Crippen molar-refractivity contribution in [2.24, 2.45) is 15.7 Å². The highest BCUT2D eigenvalue weighted by Gasteiger charge is 2.16. The standard InChI is InChI=1S/C13H16BrFN8O2/c1-17-13(16)19-5-4-18-11-10(22-25-23-11)12(21-24)20-7-2-3-9(15)8(14)6-7/h2-3,6,24H,4-5H2,1H3,(H,18,23)(H,20,21)(H3,16,17,19).